The number of nitriles is 1. The van der Waals surface area contributed by atoms with Gasteiger partial charge in [-0.1, -0.05) is 18.2 Å². The van der Waals surface area contributed by atoms with Crippen LogP contribution in [0.1, 0.15) is 18.9 Å². The second kappa shape index (κ2) is 8.57. The van der Waals surface area contributed by atoms with Crippen molar-refractivity contribution < 1.29 is 19.1 Å². The summed E-state index contributed by atoms with van der Waals surface area (Å²) < 4.78 is 10.2. The number of ether oxygens (including phenoxy) is 2. The fourth-order valence-corrected chi connectivity index (χ4v) is 1.68. The minimum atomic E-state index is -1.16. The van der Waals surface area contributed by atoms with Gasteiger partial charge in [0, 0.05) is 5.71 Å². The summed E-state index contributed by atoms with van der Waals surface area (Å²) in [6.45, 7) is 2.90. The van der Waals surface area contributed by atoms with Gasteiger partial charge in [-0.15, -0.1) is 0 Å². The van der Waals surface area contributed by atoms with Gasteiger partial charge in [-0.25, -0.2) is 0 Å². The van der Waals surface area contributed by atoms with E-state index in [0.717, 1.165) is 5.56 Å². The summed E-state index contributed by atoms with van der Waals surface area (Å²) >= 11 is 0. The number of hydrogen-bond acceptors (Lipinski definition) is 6. The van der Waals surface area contributed by atoms with E-state index in [9.17, 15) is 9.59 Å². The molecule has 6 nitrogen and oxygen atoms in total. The molecule has 0 amide bonds. The molecule has 0 aliphatic rings. The van der Waals surface area contributed by atoms with Gasteiger partial charge in [0.1, 0.15) is 11.7 Å². The SMILES string of the molecule is CC(=N)[C@H](C#N)C(=O)COC(=O)CCOc1ccccc1C. The molecule has 1 N–H and O–H groups in total. The molecule has 0 saturated carbocycles. The molecular formula is C16H18N2O4. The molecule has 6 heteroatoms. The highest BCUT2D eigenvalue weighted by Gasteiger charge is 2.21. The highest BCUT2D eigenvalue weighted by Crippen LogP contribution is 2.16. The molecule has 0 spiro atoms. The maximum atomic E-state index is 11.6. The Morgan fingerprint density at radius 2 is 2.05 bits per heavy atom. The van der Waals surface area contributed by atoms with Gasteiger partial charge in [-0.05, 0) is 25.5 Å². The lowest BCUT2D eigenvalue weighted by Gasteiger charge is -2.09. The van der Waals surface area contributed by atoms with Crippen molar-refractivity contribution in [2.45, 2.75) is 20.3 Å². The summed E-state index contributed by atoms with van der Waals surface area (Å²) in [6, 6.07) is 9.13. The zero-order valence-corrected chi connectivity index (χ0v) is 12.6. The smallest absolute Gasteiger partial charge is 0.309 e. The molecule has 1 rings (SSSR count). The molecular weight excluding hydrogens is 284 g/mol. The third-order valence-electron chi connectivity index (χ3n) is 2.92. The first kappa shape index (κ1) is 17.4. The Bertz CT molecular complexity index is 604. The first-order valence-electron chi connectivity index (χ1n) is 6.77. The van der Waals surface area contributed by atoms with Gasteiger partial charge in [0.25, 0.3) is 0 Å². The Morgan fingerprint density at radius 3 is 2.64 bits per heavy atom. The lowest BCUT2D eigenvalue weighted by Crippen LogP contribution is -2.25. The molecule has 1 aromatic rings. The average molecular weight is 302 g/mol. The zero-order chi connectivity index (χ0) is 16.5. The maximum Gasteiger partial charge on any atom is 0.309 e. The van der Waals surface area contributed by atoms with E-state index in [4.69, 9.17) is 20.1 Å². The minimum absolute atomic E-state index is 0.00239. The Kier molecular flexibility index (Phi) is 6.77. The van der Waals surface area contributed by atoms with Crippen molar-refractivity contribution in [3.05, 3.63) is 29.8 Å². The van der Waals surface area contributed by atoms with Gasteiger partial charge in [0.15, 0.2) is 12.4 Å². The largest absolute Gasteiger partial charge is 0.493 e. The van der Waals surface area contributed by atoms with Crippen LogP contribution in [0.3, 0.4) is 0 Å². The topological polar surface area (TPSA) is 100 Å². The second-order valence-corrected chi connectivity index (χ2v) is 4.74. The highest BCUT2D eigenvalue weighted by atomic mass is 16.5. The van der Waals surface area contributed by atoms with E-state index in [-0.39, 0.29) is 18.7 Å². The molecule has 0 aliphatic heterocycles. The Balaban J connectivity index is 2.33. The monoisotopic (exact) mass is 302 g/mol. The fourth-order valence-electron chi connectivity index (χ4n) is 1.68. The zero-order valence-electron chi connectivity index (χ0n) is 12.6. The van der Waals surface area contributed by atoms with Gasteiger partial charge in [-0.3, -0.25) is 9.59 Å². The number of nitrogens with zero attached hydrogens (tertiary/aromatic N) is 1. The predicted octanol–water partition coefficient (Wildman–Crippen LogP) is 2.06. The highest BCUT2D eigenvalue weighted by molar-refractivity contribution is 6.05. The number of aryl methyl sites for hydroxylation is 1. The number of nitrogens with one attached hydrogen (secondary N) is 1. The number of carbonyl (C=O) groups excluding carboxylic acids is 2. The van der Waals surface area contributed by atoms with Crippen molar-refractivity contribution in [3.8, 4) is 11.8 Å². The van der Waals surface area contributed by atoms with E-state index in [2.05, 4.69) is 0 Å². The van der Waals surface area contributed by atoms with Crippen LogP contribution in [0, 0.1) is 29.6 Å². The van der Waals surface area contributed by atoms with Gasteiger partial charge in [-0.2, -0.15) is 5.26 Å². The molecule has 1 atom stereocenters. The van der Waals surface area contributed by atoms with Crippen molar-refractivity contribution >= 4 is 17.5 Å². The van der Waals surface area contributed by atoms with Crippen LogP contribution >= 0.6 is 0 Å². The molecule has 0 saturated heterocycles. The number of hydrogen-bond donors (Lipinski definition) is 1. The van der Waals surface area contributed by atoms with Crippen molar-refractivity contribution in [2.24, 2.45) is 5.92 Å². The number of Topliss-reactive ketones (excluding diaryl/α,β-unsaturated/α-hetero) is 1. The number of para-hydroxylation sites is 1. The van der Waals surface area contributed by atoms with Crippen LogP contribution in [0.5, 0.6) is 5.75 Å². The van der Waals surface area contributed by atoms with Crippen molar-refractivity contribution in [1.29, 1.82) is 10.7 Å². The van der Waals surface area contributed by atoms with Crippen LogP contribution in [-0.2, 0) is 14.3 Å². The molecule has 0 bridgehead atoms. The molecule has 0 unspecified atom stereocenters. The summed E-state index contributed by atoms with van der Waals surface area (Å²) in [6.07, 6.45) is 0.00239. The Morgan fingerprint density at radius 1 is 1.36 bits per heavy atom. The molecule has 0 fully saturated rings. The average Bonchev–Trinajstić information content (AvgIpc) is 2.47. The third-order valence-corrected chi connectivity index (χ3v) is 2.92. The molecule has 0 heterocycles. The van der Waals surface area contributed by atoms with Crippen LogP contribution in [0.15, 0.2) is 24.3 Å². The number of esters is 1. The molecule has 116 valence electrons. The minimum Gasteiger partial charge on any atom is -0.493 e. The van der Waals surface area contributed by atoms with E-state index >= 15 is 0 Å². The number of carbonyl (C=O) groups is 2. The normalized spacial score (nSPS) is 11.1. The first-order chi connectivity index (χ1) is 10.5. The summed E-state index contributed by atoms with van der Waals surface area (Å²) in [4.78, 5) is 23.1. The number of benzene rings is 1. The van der Waals surface area contributed by atoms with E-state index < -0.39 is 24.3 Å². The van der Waals surface area contributed by atoms with Gasteiger partial charge >= 0.3 is 5.97 Å². The van der Waals surface area contributed by atoms with Crippen LogP contribution in [-0.4, -0.2) is 30.7 Å². The molecule has 0 radical (unpaired) electrons. The van der Waals surface area contributed by atoms with E-state index in [1.54, 1.807) is 12.1 Å². The number of rotatable bonds is 8. The van der Waals surface area contributed by atoms with Crippen molar-refractivity contribution in [1.82, 2.24) is 0 Å². The lowest BCUT2D eigenvalue weighted by molar-refractivity contribution is -0.148. The second-order valence-electron chi connectivity index (χ2n) is 4.74. The van der Waals surface area contributed by atoms with Gasteiger partial charge < -0.3 is 14.9 Å². The van der Waals surface area contributed by atoms with E-state index in [1.807, 2.05) is 25.1 Å². The fraction of sp³-hybridized carbons (Fsp3) is 0.375. The quantitative estimate of drug-likeness (QED) is 0.585. The first-order valence-corrected chi connectivity index (χ1v) is 6.77. The summed E-state index contributed by atoms with van der Waals surface area (Å²) in [7, 11) is 0. The van der Waals surface area contributed by atoms with Gasteiger partial charge in [0.05, 0.1) is 19.1 Å². The van der Waals surface area contributed by atoms with Crippen molar-refractivity contribution in [3.63, 3.8) is 0 Å². The van der Waals surface area contributed by atoms with E-state index in [0.29, 0.717) is 5.75 Å². The summed E-state index contributed by atoms with van der Waals surface area (Å²) in [5.41, 5.74) is 0.899. The van der Waals surface area contributed by atoms with Crippen LogP contribution in [0.4, 0.5) is 0 Å². The molecule has 22 heavy (non-hydrogen) atoms. The van der Waals surface area contributed by atoms with E-state index in [1.165, 1.54) is 6.92 Å². The molecule has 0 aromatic heterocycles. The van der Waals surface area contributed by atoms with Crippen LogP contribution in [0.2, 0.25) is 0 Å². The maximum absolute atomic E-state index is 11.6. The lowest BCUT2D eigenvalue weighted by atomic mass is 10.0. The Hall–Kier alpha value is -2.68. The van der Waals surface area contributed by atoms with Gasteiger partial charge in [0.2, 0.25) is 0 Å². The summed E-state index contributed by atoms with van der Waals surface area (Å²) in [5, 5.41) is 16.0. The Labute approximate surface area is 129 Å². The van der Waals surface area contributed by atoms with Crippen LogP contribution in [0.25, 0.3) is 0 Å². The predicted molar refractivity (Wildman–Crippen MR) is 79.8 cm³/mol. The third kappa shape index (κ3) is 5.37. The summed E-state index contributed by atoms with van der Waals surface area (Å²) in [5.74, 6) is -1.64. The number of ketones is 1. The molecule has 0 aliphatic carbocycles. The van der Waals surface area contributed by atoms with Crippen LogP contribution < -0.4 is 4.74 Å². The van der Waals surface area contributed by atoms with Crippen molar-refractivity contribution in [2.75, 3.05) is 13.2 Å². The standard InChI is InChI=1S/C16H18N2O4/c1-11-5-3-4-6-15(11)21-8-7-16(20)22-10-14(19)13(9-17)12(2)18/h3-6,13,18H,7-8,10H2,1-2H3/t13-/m0/s1. The molecule has 1 aromatic carbocycles.